The Hall–Kier alpha value is -6.80. The number of pyridine rings is 1. The molecule has 330 valence electrons. The third kappa shape index (κ3) is 10.7. The van der Waals surface area contributed by atoms with E-state index in [-0.39, 0.29) is 53.7 Å². The number of aliphatic hydroxyl groups excluding tert-OH is 1. The number of carbonyl (C=O) groups is 3. The van der Waals surface area contributed by atoms with Crippen molar-refractivity contribution in [3.8, 4) is 11.5 Å². The molecule has 5 aromatic carbocycles. The highest BCUT2D eigenvalue weighted by Gasteiger charge is 2.48. The van der Waals surface area contributed by atoms with Gasteiger partial charge in [0.2, 0.25) is 11.3 Å². The molecule has 0 aliphatic carbocycles. The summed E-state index contributed by atoms with van der Waals surface area (Å²) in [6, 6.07) is 39.5. The molecular weight excluding hydrogens is 811 g/mol. The topological polar surface area (TPSA) is 179 Å². The van der Waals surface area contributed by atoms with Gasteiger partial charge in [0.05, 0.1) is 30.8 Å². The van der Waals surface area contributed by atoms with Gasteiger partial charge in [-0.3, -0.25) is 14.4 Å². The van der Waals surface area contributed by atoms with Crippen molar-refractivity contribution >= 4 is 28.7 Å². The van der Waals surface area contributed by atoms with E-state index in [9.17, 15) is 29.4 Å². The van der Waals surface area contributed by atoms with E-state index in [1.165, 1.54) is 12.1 Å². The van der Waals surface area contributed by atoms with Gasteiger partial charge in [0.1, 0.15) is 31.2 Å². The van der Waals surface area contributed by atoms with Gasteiger partial charge < -0.3 is 45.1 Å². The van der Waals surface area contributed by atoms with Crippen molar-refractivity contribution < 1.29 is 38.6 Å². The Morgan fingerprint density at radius 1 is 0.797 bits per heavy atom. The standard InChI is InChI=1S/C51H53N5O8/c57-43-21-19-41(42-20-22-47(60)54-49(42)43)44(58)30-52-25-8-26-53-50(61)38-17-15-34(16-18-38)33-63-40-14-7-13-39(29-40)48(37-11-5-2-6-12-37)55-51(62)64-46-32-56(27-23-36(46)24-28-56)31-45(59)35-9-3-1-4-10-35/h1-7,9-22,29,36,44,46,48,52,58H,8,23-28,30-33H2,(H3-,53,54,55,57,60,61,62)/p+1/t36?,44?,46-,48?,56?/m0/s1. The van der Waals surface area contributed by atoms with E-state index in [1.54, 1.807) is 24.3 Å². The van der Waals surface area contributed by atoms with E-state index in [0.29, 0.717) is 64.9 Å². The van der Waals surface area contributed by atoms with Crippen LogP contribution in [-0.2, 0) is 11.3 Å². The summed E-state index contributed by atoms with van der Waals surface area (Å²) in [5.41, 5.74) is 4.36. The molecule has 3 aliphatic heterocycles. The number of ether oxygens (including phenoxy) is 2. The number of H-pyrrole nitrogens is 1. The van der Waals surface area contributed by atoms with Crippen LogP contribution in [0.1, 0.15) is 74.4 Å². The van der Waals surface area contributed by atoms with Crippen molar-refractivity contribution in [1.29, 1.82) is 0 Å². The maximum Gasteiger partial charge on any atom is 0.408 e. The summed E-state index contributed by atoms with van der Waals surface area (Å²) >= 11 is 0. The first-order valence-corrected chi connectivity index (χ1v) is 21.9. The summed E-state index contributed by atoms with van der Waals surface area (Å²) in [4.78, 5) is 54.1. The number of piperidine rings is 3. The molecule has 2 bridgehead atoms. The Kier molecular flexibility index (Phi) is 13.8. The largest absolute Gasteiger partial charge is 0.506 e. The first-order valence-electron chi connectivity index (χ1n) is 21.9. The van der Waals surface area contributed by atoms with E-state index in [1.807, 2.05) is 97.1 Å². The van der Waals surface area contributed by atoms with Crippen LogP contribution in [-0.4, -0.2) is 89.4 Å². The normalized spacial score (nSPS) is 18.8. The minimum absolute atomic E-state index is 0.0630. The van der Waals surface area contributed by atoms with Crippen molar-refractivity contribution in [3.05, 3.63) is 177 Å². The number of phenols is 1. The van der Waals surface area contributed by atoms with Gasteiger partial charge in [0, 0.05) is 54.4 Å². The number of ketones is 1. The number of rotatable bonds is 18. The quantitative estimate of drug-likeness (QED) is 0.0317. The summed E-state index contributed by atoms with van der Waals surface area (Å²) in [6.45, 7) is 4.35. The van der Waals surface area contributed by atoms with Crippen LogP contribution in [0.25, 0.3) is 10.9 Å². The van der Waals surface area contributed by atoms with E-state index >= 15 is 0 Å². The third-order valence-electron chi connectivity index (χ3n) is 12.5. The fourth-order valence-electron chi connectivity index (χ4n) is 9.01. The van der Waals surface area contributed by atoms with E-state index in [0.717, 1.165) is 42.6 Å². The van der Waals surface area contributed by atoms with Crippen molar-refractivity contribution in [2.24, 2.45) is 5.92 Å². The van der Waals surface area contributed by atoms with Crippen molar-refractivity contribution in [2.75, 3.05) is 45.8 Å². The zero-order valence-electron chi connectivity index (χ0n) is 35.6. The van der Waals surface area contributed by atoms with Crippen molar-refractivity contribution in [1.82, 2.24) is 20.9 Å². The van der Waals surface area contributed by atoms with Crippen molar-refractivity contribution in [2.45, 2.75) is 44.1 Å². The predicted octanol–water partition coefficient (Wildman–Crippen LogP) is 6.56. The Morgan fingerprint density at radius 2 is 1.53 bits per heavy atom. The molecule has 13 heteroatoms. The lowest BCUT2D eigenvalue weighted by Crippen LogP contribution is -2.66. The second kappa shape index (κ2) is 20.1. The zero-order chi connectivity index (χ0) is 44.5. The van der Waals surface area contributed by atoms with Crippen LogP contribution in [0, 0.1) is 5.92 Å². The minimum Gasteiger partial charge on any atom is -0.506 e. The molecule has 0 saturated carbocycles. The molecule has 64 heavy (non-hydrogen) atoms. The molecule has 3 fully saturated rings. The Bertz CT molecular complexity index is 2610. The lowest BCUT2D eigenvalue weighted by molar-refractivity contribution is -0.938. The van der Waals surface area contributed by atoms with Crippen LogP contribution in [0.2, 0.25) is 0 Å². The number of fused-ring (bicyclic) bond motifs is 4. The SMILES string of the molecule is O=C(NC(c1ccccc1)c1cccc(OCc2ccc(C(=O)NCCCNCC(O)c3ccc(O)c4[nH]c(=O)ccc34)cc2)c1)O[C@H]1C[N+]2(CC(=O)c3ccccc3)CCC1CC2. The number of quaternary nitrogens is 1. The fourth-order valence-corrected chi connectivity index (χ4v) is 9.01. The number of benzene rings is 5. The number of aromatic hydroxyl groups is 1. The first-order chi connectivity index (χ1) is 31.1. The molecule has 4 heterocycles. The molecule has 0 spiro atoms. The fraction of sp³-hybridized carbons (Fsp3) is 0.294. The van der Waals surface area contributed by atoms with Crippen LogP contribution >= 0.6 is 0 Å². The molecule has 3 aliphatic rings. The Morgan fingerprint density at radius 3 is 2.30 bits per heavy atom. The molecule has 6 aromatic rings. The van der Waals surface area contributed by atoms with E-state index < -0.39 is 18.2 Å². The average molecular weight is 865 g/mol. The number of aromatic nitrogens is 1. The highest BCUT2D eigenvalue weighted by atomic mass is 16.6. The molecule has 2 unspecified atom stereocenters. The van der Waals surface area contributed by atoms with E-state index in [2.05, 4.69) is 20.9 Å². The van der Waals surface area contributed by atoms with Crippen LogP contribution < -0.4 is 26.2 Å². The van der Waals surface area contributed by atoms with Crippen LogP contribution in [0.4, 0.5) is 4.79 Å². The number of carbonyl (C=O) groups excluding carboxylic acids is 3. The summed E-state index contributed by atoms with van der Waals surface area (Å²) in [6.07, 6.45) is 0.827. The smallest absolute Gasteiger partial charge is 0.408 e. The van der Waals surface area contributed by atoms with Crippen LogP contribution in [0.5, 0.6) is 11.5 Å². The monoisotopic (exact) mass is 864 g/mol. The molecule has 13 nitrogen and oxygen atoms in total. The van der Waals surface area contributed by atoms with E-state index in [4.69, 9.17) is 9.47 Å². The van der Waals surface area contributed by atoms with Gasteiger partial charge in [-0.15, -0.1) is 0 Å². The average Bonchev–Trinajstić information content (AvgIpc) is 3.32. The molecular formula is C51H54N5O8+. The molecule has 6 N–H and O–H groups in total. The molecule has 3 atom stereocenters. The lowest BCUT2D eigenvalue weighted by atomic mass is 9.83. The first kappa shape index (κ1) is 43.8. The number of aliphatic hydroxyl groups is 1. The minimum atomic E-state index is -0.865. The summed E-state index contributed by atoms with van der Waals surface area (Å²) in [5.74, 6) is 0.748. The number of amides is 2. The highest BCUT2D eigenvalue weighted by molar-refractivity contribution is 5.97. The van der Waals surface area contributed by atoms with Gasteiger partial charge >= 0.3 is 6.09 Å². The van der Waals surface area contributed by atoms with Gasteiger partial charge in [0.25, 0.3) is 5.91 Å². The summed E-state index contributed by atoms with van der Waals surface area (Å²) < 4.78 is 13.0. The molecule has 1 aromatic heterocycles. The number of aromatic amines is 1. The highest BCUT2D eigenvalue weighted by Crippen LogP contribution is 2.36. The predicted molar refractivity (Wildman–Crippen MR) is 243 cm³/mol. The Labute approximate surface area is 371 Å². The van der Waals surface area contributed by atoms with Crippen molar-refractivity contribution in [3.63, 3.8) is 0 Å². The second-order valence-corrected chi connectivity index (χ2v) is 16.9. The third-order valence-corrected chi connectivity index (χ3v) is 12.5. The van der Waals surface area contributed by atoms with Gasteiger partial charge in [-0.1, -0.05) is 91.0 Å². The van der Waals surface area contributed by atoms with Crippen LogP contribution in [0.3, 0.4) is 0 Å². The molecule has 3 saturated heterocycles. The zero-order valence-corrected chi connectivity index (χ0v) is 35.6. The molecule has 2 amide bonds. The molecule has 9 rings (SSSR count). The second-order valence-electron chi connectivity index (χ2n) is 16.9. The number of hydrogen-bond donors (Lipinski definition) is 6. The van der Waals surface area contributed by atoms with Crippen LogP contribution in [0.15, 0.2) is 138 Å². The molecule has 0 radical (unpaired) electrons. The van der Waals surface area contributed by atoms with Gasteiger partial charge in [-0.2, -0.15) is 0 Å². The van der Waals surface area contributed by atoms with Gasteiger partial charge in [-0.25, -0.2) is 4.79 Å². The number of nitrogens with one attached hydrogen (secondary N) is 4. The maximum atomic E-state index is 13.7. The lowest BCUT2D eigenvalue weighted by Gasteiger charge is -2.51. The van der Waals surface area contributed by atoms with Gasteiger partial charge in [0.15, 0.2) is 6.10 Å². The van der Waals surface area contributed by atoms with Gasteiger partial charge in [-0.05, 0) is 71.6 Å². The summed E-state index contributed by atoms with van der Waals surface area (Å²) in [7, 11) is 0. The Balaban J connectivity index is 0.805. The summed E-state index contributed by atoms with van der Waals surface area (Å²) in [5, 5.41) is 30.7. The number of alkyl carbamates (subject to hydrolysis) is 1. The number of phenolic OH excluding ortho intramolecular Hbond substituents is 1. The number of hydrogen-bond acceptors (Lipinski definition) is 9. The number of Topliss-reactive ketones (excluding diaryl/α,β-unsaturated/α-hetero) is 1. The maximum absolute atomic E-state index is 13.7. The number of nitrogens with zero attached hydrogens (tertiary/aromatic N) is 1.